The summed E-state index contributed by atoms with van der Waals surface area (Å²) in [5.74, 6) is -7.03. The van der Waals surface area contributed by atoms with Crippen LogP contribution in [0.1, 0.15) is 89.9 Å². The number of carbonyl (C=O) groups is 8. The molecule has 1 aliphatic heterocycles. The van der Waals surface area contributed by atoms with Crippen LogP contribution in [-0.2, 0) is 19.1 Å². The summed E-state index contributed by atoms with van der Waals surface area (Å²) >= 11 is 40.8. The third kappa shape index (κ3) is 20.0. The maximum absolute atomic E-state index is 12.9. The first-order valence-electron chi connectivity index (χ1n) is 29.5. The number of nitrogens with one attached hydrogen (secondary N) is 1. The van der Waals surface area contributed by atoms with Crippen LogP contribution < -0.4 is 10.1 Å². The number of methoxy groups -OCH3 is 1. The number of aliphatic hydroxyl groups excluding tert-OH is 1. The number of ether oxygens (including phenoxy) is 2. The highest BCUT2D eigenvalue weighted by molar-refractivity contribution is 6.43. The number of nitrogens with zero attached hydrogens (tertiary/aromatic N) is 1. The van der Waals surface area contributed by atoms with Crippen LogP contribution in [0.5, 0.6) is 11.5 Å². The maximum Gasteiger partial charge on any atom is 0.382 e. The first-order valence-corrected chi connectivity index (χ1v) is 32.2. The number of ketones is 3. The Morgan fingerprint density at radius 3 is 1.44 bits per heavy atom. The molecule has 28 heteroatoms. The standard InChI is InChI=1S/C26H26Cl2N2O5.C11H7ClO4.C10H5ClO4.C9H5ClO3.C8H5ClO.C7H5ClO2/c27-17-5-3-15-12-23(35-22(15)13-17)25(32)26(33)29-20(14-30-9-1-2-10-30)24(31)16-4-8-21(19(28)11-16)34-18-6-7-18;1-15-11(14)10(13)9-4-6-2-3-7(12)5-8(6)16-9;11-6-2-1-5-3-8(9(12)10(13)14)15-7(5)4-6;10-6-2-1-5-3-8(9(11)12)13-7(5)4-6;9-7-2-1-6-3-4-10-8(6)5-7;8-6-2-1-5(4-9)7(10)3-6/h3-5,8,11-13,18,20,24,31H,1-2,6-7,9-10,14H2,(H,29,33);2-5H,1H3;1-4H,(H,13,14);1-4H,(H,11,12);1-5H;1-4,10H/t20-,24-;;;;;/m1...../s1. The van der Waals surface area contributed by atoms with Gasteiger partial charge in [0.15, 0.2) is 23.6 Å². The SMILES string of the molecule is COC(=O)C(=O)c1cc2ccc(Cl)cc2o1.Clc1ccc2ccoc2c1.O=C(N[C@H](CN1CCCC1)[C@H](O)c1ccc(OC2CC2)c(Cl)c1)C(=O)c1cc2ccc(Cl)cc2o1.O=C(O)C(=O)c1cc2ccc(Cl)cc2o1.O=C(O)c1cc2ccc(Cl)cc2o1.O=Cc1ccc(Cl)cc1O. The van der Waals surface area contributed by atoms with Crippen LogP contribution >= 0.6 is 81.2 Å². The fourth-order valence-corrected chi connectivity index (χ4v) is 10.7. The first kappa shape index (κ1) is 73.6. The summed E-state index contributed by atoms with van der Waals surface area (Å²) in [5.41, 5.74) is 3.40. The number of carboxylic acid groups (broad SMARTS) is 2. The number of esters is 1. The zero-order valence-electron chi connectivity index (χ0n) is 51.4. The van der Waals surface area contributed by atoms with Crippen molar-refractivity contribution in [2.45, 2.75) is 43.9 Å². The molecule has 0 spiro atoms. The number of aromatic carboxylic acids is 1. The van der Waals surface area contributed by atoms with Gasteiger partial charge in [-0.15, -0.1) is 0 Å². The Balaban J connectivity index is 0.000000150. The Kier molecular flexibility index (Phi) is 25.1. The normalized spacial score (nSPS) is 13.0. The number of phenolic OH excluding ortho intramolecular Hbond substituents is 1. The second kappa shape index (κ2) is 33.7. The zero-order valence-corrected chi connectivity index (χ0v) is 56.6. The molecular formula is C71H53Cl7N2O19. The number of halogens is 7. The zero-order chi connectivity index (χ0) is 71.2. The van der Waals surface area contributed by atoms with Crippen LogP contribution in [0, 0.1) is 0 Å². The number of hydrogen-bond acceptors (Lipinski definition) is 18. The van der Waals surface area contributed by atoms with E-state index in [9.17, 15) is 43.5 Å². The van der Waals surface area contributed by atoms with Gasteiger partial charge in [0, 0.05) is 87.9 Å². The van der Waals surface area contributed by atoms with E-state index < -0.39 is 53.3 Å². The van der Waals surface area contributed by atoms with Gasteiger partial charge in [-0.05, 0) is 172 Å². The number of hydrogen-bond donors (Lipinski definition) is 5. The van der Waals surface area contributed by atoms with Crippen LogP contribution in [0.2, 0.25) is 35.2 Å². The molecule has 510 valence electrons. The molecular weight excluding hydrogens is 1430 g/mol. The lowest BCUT2D eigenvalue weighted by Crippen LogP contribution is -2.48. The van der Waals surface area contributed by atoms with Gasteiger partial charge >= 0.3 is 29.5 Å². The van der Waals surface area contributed by atoms with Crippen molar-refractivity contribution in [3.05, 3.63) is 233 Å². The second-order valence-corrected chi connectivity index (χ2v) is 24.7. The highest BCUT2D eigenvalue weighted by atomic mass is 35.5. The molecule has 99 heavy (non-hydrogen) atoms. The van der Waals surface area contributed by atoms with E-state index in [2.05, 4.69) is 15.0 Å². The van der Waals surface area contributed by atoms with Crippen LogP contribution in [0.3, 0.4) is 0 Å². The molecule has 1 aliphatic carbocycles. The lowest BCUT2D eigenvalue weighted by molar-refractivity contribution is -0.135. The van der Waals surface area contributed by atoms with Gasteiger partial charge in [0.1, 0.15) is 45.5 Å². The quantitative estimate of drug-likeness (QED) is 0.0275. The molecule has 21 nitrogen and oxygen atoms in total. The van der Waals surface area contributed by atoms with E-state index in [4.69, 9.17) is 123 Å². The molecule has 12 aromatic rings. The van der Waals surface area contributed by atoms with E-state index in [1.807, 2.05) is 18.2 Å². The maximum atomic E-state index is 12.9. The number of phenols is 1. The number of aromatic hydroxyl groups is 1. The van der Waals surface area contributed by atoms with Crippen molar-refractivity contribution in [3.8, 4) is 11.5 Å². The molecule has 2 aliphatic rings. The van der Waals surface area contributed by atoms with Gasteiger partial charge in [-0.3, -0.25) is 24.0 Å². The molecule has 6 heterocycles. The van der Waals surface area contributed by atoms with E-state index in [0.717, 1.165) is 62.2 Å². The number of carbonyl (C=O) groups excluding carboxylic acids is 6. The summed E-state index contributed by atoms with van der Waals surface area (Å²) < 4.78 is 36.0. The highest BCUT2D eigenvalue weighted by Crippen LogP contribution is 2.35. The number of rotatable bonds is 15. The van der Waals surface area contributed by atoms with Gasteiger partial charge < -0.3 is 62.2 Å². The van der Waals surface area contributed by atoms with Crippen LogP contribution in [0.25, 0.3) is 54.8 Å². The van der Waals surface area contributed by atoms with Gasteiger partial charge in [-0.2, -0.15) is 0 Å². The number of fused-ring (bicyclic) bond motifs is 5. The van der Waals surface area contributed by atoms with Gasteiger partial charge in [-0.1, -0.05) is 87.3 Å². The molecule has 1 saturated carbocycles. The number of carboxylic acids is 2. The number of aldehydes is 1. The van der Waals surface area contributed by atoms with Crippen molar-refractivity contribution in [1.29, 1.82) is 0 Å². The predicted molar refractivity (Wildman–Crippen MR) is 372 cm³/mol. The molecule has 0 bridgehead atoms. The molecule has 5 aromatic heterocycles. The summed E-state index contributed by atoms with van der Waals surface area (Å²) in [4.78, 5) is 92.5. The topological polar surface area (TPSA) is 317 Å². The largest absolute Gasteiger partial charge is 0.507 e. The predicted octanol–water partition coefficient (Wildman–Crippen LogP) is 17.3. The van der Waals surface area contributed by atoms with Gasteiger partial charge in [0.05, 0.1) is 36.1 Å². The average molecular weight is 1490 g/mol. The van der Waals surface area contributed by atoms with E-state index in [1.165, 1.54) is 42.5 Å². The van der Waals surface area contributed by atoms with Crippen molar-refractivity contribution in [1.82, 2.24) is 10.2 Å². The Morgan fingerprint density at radius 1 is 0.545 bits per heavy atom. The molecule has 2 fully saturated rings. The smallest absolute Gasteiger partial charge is 0.382 e. The average Bonchev–Trinajstić information content (AvgIpc) is 1.77. The highest BCUT2D eigenvalue weighted by Gasteiger charge is 2.32. The van der Waals surface area contributed by atoms with Crippen LogP contribution in [0.15, 0.2) is 186 Å². The van der Waals surface area contributed by atoms with E-state index in [-0.39, 0.29) is 40.5 Å². The van der Waals surface area contributed by atoms with Crippen molar-refractivity contribution in [2.75, 3.05) is 26.7 Å². The van der Waals surface area contributed by atoms with Crippen molar-refractivity contribution in [2.24, 2.45) is 0 Å². The van der Waals surface area contributed by atoms with E-state index in [0.29, 0.717) is 97.8 Å². The molecule has 1 saturated heterocycles. The minimum Gasteiger partial charge on any atom is -0.507 e. The number of aliphatic carboxylic acids is 1. The Bertz CT molecular complexity index is 4980. The molecule has 1 amide bonds. The van der Waals surface area contributed by atoms with Gasteiger partial charge in [0.25, 0.3) is 11.7 Å². The van der Waals surface area contributed by atoms with Crippen LogP contribution in [0.4, 0.5) is 0 Å². The summed E-state index contributed by atoms with van der Waals surface area (Å²) in [7, 11) is 1.14. The number of benzene rings is 7. The Labute approximate surface area is 595 Å². The number of aliphatic hydroxyl groups is 1. The van der Waals surface area contributed by atoms with E-state index in [1.54, 1.807) is 103 Å². The van der Waals surface area contributed by atoms with Crippen molar-refractivity contribution >= 4 is 184 Å². The molecule has 14 rings (SSSR count). The minimum absolute atomic E-state index is 0.0517. The summed E-state index contributed by atoms with van der Waals surface area (Å²) in [6.45, 7) is 2.13. The lowest BCUT2D eigenvalue weighted by atomic mass is 10.0. The fourth-order valence-electron chi connectivity index (χ4n) is 9.51. The number of furan rings is 5. The Morgan fingerprint density at radius 2 is 0.990 bits per heavy atom. The second-order valence-electron chi connectivity index (χ2n) is 21.7. The first-order chi connectivity index (χ1) is 47.3. The fraction of sp³-hybridized carbons (Fsp3) is 0.155. The van der Waals surface area contributed by atoms with Crippen molar-refractivity contribution in [3.63, 3.8) is 0 Å². The molecule has 5 N–H and O–H groups in total. The van der Waals surface area contributed by atoms with Crippen LogP contribution in [-0.4, -0.2) is 112 Å². The third-order valence-electron chi connectivity index (χ3n) is 14.6. The van der Waals surface area contributed by atoms with Crippen molar-refractivity contribution < 1.29 is 90.3 Å². The summed E-state index contributed by atoms with van der Waals surface area (Å²) in [5, 5.41) is 47.4. The molecule has 0 radical (unpaired) electrons. The number of likely N-dealkylation sites (tertiary alicyclic amines) is 1. The third-order valence-corrected chi connectivity index (χ3v) is 16.3. The summed E-state index contributed by atoms with van der Waals surface area (Å²) in [6, 6.07) is 41.8. The van der Waals surface area contributed by atoms with Gasteiger partial charge in [-0.25, -0.2) is 14.4 Å². The lowest BCUT2D eigenvalue weighted by Gasteiger charge is -2.28. The number of amides is 1. The summed E-state index contributed by atoms with van der Waals surface area (Å²) in [6.07, 6.45) is 5.48. The number of Topliss-reactive ketones (excluding diaryl/α,β-unsaturated/α-hetero) is 3. The molecule has 7 aromatic carbocycles. The van der Waals surface area contributed by atoms with Gasteiger partial charge in [0.2, 0.25) is 5.76 Å². The monoisotopic (exact) mass is 1480 g/mol. The Hall–Kier alpha value is -9.65. The molecule has 2 atom stereocenters. The minimum atomic E-state index is -1.54. The van der Waals surface area contributed by atoms with E-state index >= 15 is 0 Å². The molecule has 0 unspecified atom stereocenters.